The molecule has 1 amide bonds. The molecule has 3 N–H and O–H groups in total. The summed E-state index contributed by atoms with van der Waals surface area (Å²) in [6, 6.07) is 7.37. The van der Waals surface area contributed by atoms with E-state index >= 15 is 0 Å². The SMILES string of the molecule is CC1(CNC(=O)/C=C/c2ccc(N)cc2)CCCO1. The summed E-state index contributed by atoms with van der Waals surface area (Å²) in [4.78, 5) is 11.7. The summed E-state index contributed by atoms with van der Waals surface area (Å²) < 4.78 is 5.61. The molecular formula is C15H20N2O2. The summed E-state index contributed by atoms with van der Waals surface area (Å²) >= 11 is 0. The first-order chi connectivity index (χ1) is 9.07. The molecule has 4 nitrogen and oxygen atoms in total. The van der Waals surface area contributed by atoms with Crippen LogP contribution in [0.5, 0.6) is 0 Å². The third kappa shape index (κ3) is 4.10. The Labute approximate surface area is 113 Å². The smallest absolute Gasteiger partial charge is 0.244 e. The minimum Gasteiger partial charge on any atom is -0.399 e. The summed E-state index contributed by atoms with van der Waals surface area (Å²) in [5.74, 6) is -0.103. The Balaban J connectivity index is 1.82. The normalized spacial score (nSPS) is 22.8. The van der Waals surface area contributed by atoms with Crippen LogP contribution in [0.2, 0.25) is 0 Å². The number of carbonyl (C=O) groups excluding carboxylic acids is 1. The van der Waals surface area contributed by atoms with Crippen LogP contribution in [-0.2, 0) is 9.53 Å². The molecule has 0 aliphatic carbocycles. The standard InChI is InChI=1S/C15H20N2O2/c1-15(9-2-10-19-15)11-17-14(18)8-5-12-3-6-13(16)7-4-12/h3-8H,2,9-11,16H2,1H3,(H,17,18)/b8-5+. The third-order valence-electron chi connectivity index (χ3n) is 3.30. The second-order valence-electron chi connectivity index (χ2n) is 5.12. The third-order valence-corrected chi connectivity index (χ3v) is 3.30. The Morgan fingerprint density at radius 3 is 2.84 bits per heavy atom. The van der Waals surface area contributed by atoms with Crippen molar-refractivity contribution in [2.45, 2.75) is 25.4 Å². The van der Waals surface area contributed by atoms with Crippen molar-refractivity contribution >= 4 is 17.7 Å². The van der Waals surface area contributed by atoms with Crippen molar-refractivity contribution < 1.29 is 9.53 Å². The second kappa shape index (κ2) is 5.89. The molecule has 1 saturated heterocycles. The molecule has 1 aromatic rings. The van der Waals surface area contributed by atoms with Gasteiger partial charge in [-0.25, -0.2) is 0 Å². The van der Waals surface area contributed by atoms with E-state index in [1.54, 1.807) is 6.08 Å². The molecule has 4 heteroatoms. The zero-order valence-electron chi connectivity index (χ0n) is 11.2. The number of benzene rings is 1. The van der Waals surface area contributed by atoms with Gasteiger partial charge in [0.2, 0.25) is 5.91 Å². The van der Waals surface area contributed by atoms with Crippen molar-refractivity contribution in [2.75, 3.05) is 18.9 Å². The Bertz CT molecular complexity index is 460. The summed E-state index contributed by atoms with van der Waals surface area (Å²) in [5.41, 5.74) is 7.06. The van der Waals surface area contributed by atoms with Crippen molar-refractivity contribution in [2.24, 2.45) is 0 Å². The maximum Gasteiger partial charge on any atom is 0.244 e. The molecule has 0 aromatic heterocycles. The van der Waals surface area contributed by atoms with Gasteiger partial charge >= 0.3 is 0 Å². The quantitative estimate of drug-likeness (QED) is 0.642. The van der Waals surface area contributed by atoms with Gasteiger partial charge in [-0.3, -0.25) is 4.79 Å². The first kappa shape index (κ1) is 13.6. The van der Waals surface area contributed by atoms with E-state index in [1.165, 1.54) is 6.08 Å². The molecule has 102 valence electrons. The molecule has 1 aliphatic rings. The maximum atomic E-state index is 11.7. The van der Waals surface area contributed by atoms with Crippen LogP contribution in [0.1, 0.15) is 25.3 Å². The molecular weight excluding hydrogens is 240 g/mol. The summed E-state index contributed by atoms with van der Waals surface area (Å²) in [6.07, 6.45) is 5.36. The Morgan fingerprint density at radius 1 is 1.47 bits per heavy atom. The van der Waals surface area contributed by atoms with Gasteiger partial charge in [0.05, 0.1) is 5.60 Å². The van der Waals surface area contributed by atoms with Crippen molar-refractivity contribution in [1.82, 2.24) is 5.32 Å². The zero-order valence-corrected chi connectivity index (χ0v) is 11.2. The van der Waals surface area contributed by atoms with Crippen LogP contribution < -0.4 is 11.1 Å². The molecule has 1 unspecified atom stereocenters. The molecule has 1 aromatic carbocycles. The Kier molecular flexibility index (Phi) is 4.22. The Morgan fingerprint density at radius 2 is 2.21 bits per heavy atom. The lowest BCUT2D eigenvalue weighted by Gasteiger charge is -2.22. The van der Waals surface area contributed by atoms with Crippen molar-refractivity contribution in [3.05, 3.63) is 35.9 Å². The van der Waals surface area contributed by atoms with E-state index in [9.17, 15) is 4.79 Å². The average molecular weight is 260 g/mol. The summed E-state index contributed by atoms with van der Waals surface area (Å²) in [6.45, 7) is 3.37. The van der Waals surface area contributed by atoms with Gasteiger partial charge in [0, 0.05) is 24.9 Å². The number of rotatable bonds is 4. The van der Waals surface area contributed by atoms with Gasteiger partial charge in [0.25, 0.3) is 0 Å². The monoisotopic (exact) mass is 260 g/mol. The van der Waals surface area contributed by atoms with Gasteiger partial charge in [-0.05, 0) is 43.5 Å². The minimum atomic E-state index is -0.204. The number of nitrogen functional groups attached to an aromatic ring is 1. The lowest BCUT2D eigenvalue weighted by atomic mass is 10.0. The average Bonchev–Trinajstić information content (AvgIpc) is 2.83. The molecule has 19 heavy (non-hydrogen) atoms. The zero-order chi connectivity index (χ0) is 13.7. The van der Waals surface area contributed by atoms with Crippen LogP contribution in [0.15, 0.2) is 30.3 Å². The van der Waals surface area contributed by atoms with Gasteiger partial charge in [0.1, 0.15) is 0 Å². The predicted molar refractivity (Wildman–Crippen MR) is 76.5 cm³/mol. The van der Waals surface area contributed by atoms with Gasteiger partial charge in [-0.2, -0.15) is 0 Å². The van der Waals surface area contributed by atoms with E-state index in [2.05, 4.69) is 5.32 Å². The fourth-order valence-corrected chi connectivity index (χ4v) is 2.09. The highest BCUT2D eigenvalue weighted by Crippen LogP contribution is 2.23. The first-order valence-corrected chi connectivity index (χ1v) is 6.53. The van der Waals surface area contributed by atoms with E-state index in [0.29, 0.717) is 12.2 Å². The molecule has 0 saturated carbocycles. The number of hydrogen-bond donors (Lipinski definition) is 2. The van der Waals surface area contributed by atoms with Crippen molar-refractivity contribution in [3.8, 4) is 0 Å². The number of hydrogen-bond acceptors (Lipinski definition) is 3. The first-order valence-electron chi connectivity index (χ1n) is 6.53. The largest absolute Gasteiger partial charge is 0.399 e. The van der Waals surface area contributed by atoms with Crippen LogP contribution in [0.3, 0.4) is 0 Å². The van der Waals surface area contributed by atoms with Gasteiger partial charge < -0.3 is 15.8 Å². The molecule has 1 heterocycles. The lowest BCUT2D eigenvalue weighted by Crippen LogP contribution is -2.39. The van der Waals surface area contributed by atoms with E-state index < -0.39 is 0 Å². The van der Waals surface area contributed by atoms with Crippen LogP contribution in [0.25, 0.3) is 6.08 Å². The van der Waals surface area contributed by atoms with Gasteiger partial charge in [0.15, 0.2) is 0 Å². The number of amides is 1. The number of anilines is 1. The molecule has 1 aliphatic heterocycles. The number of nitrogens with one attached hydrogen (secondary N) is 1. The van der Waals surface area contributed by atoms with E-state index in [4.69, 9.17) is 10.5 Å². The molecule has 2 rings (SSSR count). The number of ether oxygens (including phenoxy) is 1. The topological polar surface area (TPSA) is 64.4 Å². The Hall–Kier alpha value is -1.81. The maximum absolute atomic E-state index is 11.7. The number of nitrogens with two attached hydrogens (primary N) is 1. The summed E-state index contributed by atoms with van der Waals surface area (Å²) in [7, 11) is 0. The molecule has 1 atom stereocenters. The predicted octanol–water partition coefficient (Wildman–Crippen LogP) is 1.97. The van der Waals surface area contributed by atoms with Crippen LogP contribution >= 0.6 is 0 Å². The van der Waals surface area contributed by atoms with E-state index in [1.807, 2.05) is 31.2 Å². The highest BCUT2D eigenvalue weighted by Gasteiger charge is 2.29. The van der Waals surface area contributed by atoms with Crippen molar-refractivity contribution in [3.63, 3.8) is 0 Å². The van der Waals surface area contributed by atoms with Gasteiger partial charge in [-0.1, -0.05) is 12.1 Å². The van der Waals surface area contributed by atoms with Crippen LogP contribution in [-0.4, -0.2) is 24.7 Å². The molecule has 0 radical (unpaired) electrons. The second-order valence-corrected chi connectivity index (χ2v) is 5.12. The molecule has 0 bridgehead atoms. The van der Waals surface area contributed by atoms with Crippen LogP contribution in [0, 0.1) is 0 Å². The fourth-order valence-electron chi connectivity index (χ4n) is 2.09. The number of carbonyl (C=O) groups is 1. The van der Waals surface area contributed by atoms with Crippen molar-refractivity contribution in [1.29, 1.82) is 0 Å². The summed E-state index contributed by atoms with van der Waals surface area (Å²) in [5, 5.41) is 2.87. The molecule has 0 spiro atoms. The van der Waals surface area contributed by atoms with E-state index in [-0.39, 0.29) is 11.5 Å². The van der Waals surface area contributed by atoms with Gasteiger partial charge in [-0.15, -0.1) is 0 Å². The lowest BCUT2D eigenvalue weighted by molar-refractivity contribution is -0.117. The minimum absolute atomic E-state index is 0.103. The molecule has 1 fully saturated rings. The highest BCUT2D eigenvalue weighted by molar-refractivity contribution is 5.91. The highest BCUT2D eigenvalue weighted by atomic mass is 16.5. The van der Waals surface area contributed by atoms with E-state index in [0.717, 1.165) is 25.0 Å². The van der Waals surface area contributed by atoms with Crippen LogP contribution in [0.4, 0.5) is 5.69 Å². The fraction of sp³-hybridized carbons (Fsp3) is 0.400.